The van der Waals surface area contributed by atoms with Crippen molar-refractivity contribution in [1.29, 1.82) is 0 Å². The third-order valence-corrected chi connectivity index (χ3v) is 7.76. The molecule has 6 rings (SSSR count). The van der Waals surface area contributed by atoms with Gasteiger partial charge in [-0.3, -0.25) is 0 Å². The number of hydrogen-bond donors (Lipinski definition) is 1. The van der Waals surface area contributed by atoms with Gasteiger partial charge in [-0.15, -0.1) is 12.4 Å². The van der Waals surface area contributed by atoms with E-state index in [2.05, 4.69) is 22.2 Å². The maximum absolute atomic E-state index is 14.5. The normalized spacial score (nSPS) is 22.8. The van der Waals surface area contributed by atoms with E-state index in [1.54, 1.807) is 15.7 Å². The molecular formula is C23H26ClFN6S. The maximum atomic E-state index is 14.5. The molecule has 9 heteroatoms. The van der Waals surface area contributed by atoms with Gasteiger partial charge in [-0.1, -0.05) is 17.8 Å². The number of fused-ring (bicyclic) bond motifs is 4. The van der Waals surface area contributed by atoms with E-state index in [4.69, 9.17) is 9.97 Å². The lowest BCUT2D eigenvalue weighted by molar-refractivity contribution is 0.219. The number of piperidine rings is 2. The number of hydrogen-bond acceptors (Lipinski definition) is 6. The number of nitrogens with zero attached hydrogens (tertiary/aromatic N) is 5. The Kier molecular flexibility index (Phi) is 5.55. The molecule has 0 saturated carbocycles. The Bertz CT molecular complexity index is 1270. The quantitative estimate of drug-likeness (QED) is 0.455. The van der Waals surface area contributed by atoms with E-state index in [1.807, 2.05) is 31.5 Å². The van der Waals surface area contributed by atoms with Crippen LogP contribution in [0.25, 0.3) is 27.3 Å². The Hall–Kier alpha value is -2.29. The molecular weight excluding hydrogens is 447 g/mol. The molecule has 0 amide bonds. The summed E-state index contributed by atoms with van der Waals surface area (Å²) in [4.78, 5) is 17.1. The molecule has 6 heterocycles. The third-order valence-electron chi connectivity index (χ3n) is 6.71. The topological polar surface area (TPSA) is 58.4 Å². The summed E-state index contributed by atoms with van der Waals surface area (Å²) in [6.07, 6.45) is 9.96. The minimum absolute atomic E-state index is 0. The summed E-state index contributed by atoms with van der Waals surface area (Å²) >= 11 is 1.62. The van der Waals surface area contributed by atoms with Crippen LogP contribution in [0.4, 0.5) is 9.52 Å². The number of anilines is 1. The highest BCUT2D eigenvalue weighted by molar-refractivity contribution is 7.21. The van der Waals surface area contributed by atoms with E-state index in [9.17, 15) is 4.39 Å². The van der Waals surface area contributed by atoms with Crippen LogP contribution in [0, 0.1) is 12.7 Å². The van der Waals surface area contributed by atoms with Crippen molar-refractivity contribution in [2.24, 2.45) is 0 Å². The molecule has 2 saturated heterocycles. The lowest BCUT2D eigenvalue weighted by Gasteiger charge is -2.43. The van der Waals surface area contributed by atoms with E-state index in [0.29, 0.717) is 23.8 Å². The zero-order chi connectivity index (χ0) is 21.1. The molecule has 2 fully saturated rings. The van der Waals surface area contributed by atoms with Gasteiger partial charge in [0.2, 0.25) is 0 Å². The Balaban J connectivity index is 0.00000216. The maximum Gasteiger partial charge on any atom is 0.187 e. The Morgan fingerprint density at radius 2 is 1.91 bits per heavy atom. The van der Waals surface area contributed by atoms with Crippen LogP contribution in [0.2, 0.25) is 0 Å². The molecule has 168 valence electrons. The summed E-state index contributed by atoms with van der Waals surface area (Å²) in [5.74, 6) is -0.339. The minimum Gasteiger partial charge on any atom is -0.348 e. The average molecular weight is 473 g/mol. The van der Waals surface area contributed by atoms with Crippen LogP contribution in [0.1, 0.15) is 37.8 Å². The molecule has 2 bridgehead atoms. The fourth-order valence-electron chi connectivity index (χ4n) is 5.14. The minimum atomic E-state index is -0.339. The number of pyridine rings is 2. The lowest BCUT2D eigenvalue weighted by Crippen LogP contribution is -2.54. The molecule has 0 aromatic carbocycles. The molecule has 1 N–H and O–H groups in total. The first kappa shape index (κ1) is 21.6. The van der Waals surface area contributed by atoms with Crippen molar-refractivity contribution in [1.82, 2.24) is 24.7 Å². The Morgan fingerprint density at radius 1 is 1.12 bits per heavy atom. The average Bonchev–Trinajstić information content (AvgIpc) is 3.35. The van der Waals surface area contributed by atoms with Crippen LogP contribution in [0.3, 0.4) is 0 Å². The number of aromatic nitrogens is 4. The third kappa shape index (κ3) is 3.74. The highest BCUT2D eigenvalue weighted by atomic mass is 35.5. The number of nitrogens with one attached hydrogen (secondary N) is 1. The summed E-state index contributed by atoms with van der Waals surface area (Å²) in [5, 5.41) is 4.78. The van der Waals surface area contributed by atoms with Crippen molar-refractivity contribution < 1.29 is 4.39 Å². The van der Waals surface area contributed by atoms with E-state index in [1.165, 1.54) is 38.2 Å². The fourth-order valence-corrected chi connectivity index (χ4v) is 6.12. The highest BCUT2D eigenvalue weighted by Gasteiger charge is 2.33. The molecule has 4 aromatic heterocycles. The van der Waals surface area contributed by atoms with Gasteiger partial charge in [-0.2, -0.15) is 0 Å². The second kappa shape index (κ2) is 8.24. The molecule has 0 spiro atoms. The van der Waals surface area contributed by atoms with E-state index >= 15 is 0 Å². The van der Waals surface area contributed by atoms with E-state index in [0.717, 1.165) is 32.4 Å². The summed E-state index contributed by atoms with van der Waals surface area (Å²) in [6.45, 7) is 1.86. The number of rotatable bonds is 3. The van der Waals surface area contributed by atoms with Gasteiger partial charge in [0, 0.05) is 43.1 Å². The van der Waals surface area contributed by atoms with E-state index in [-0.39, 0.29) is 18.2 Å². The van der Waals surface area contributed by atoms with Gasteiger partial charge in [0.15, 0.2) is 16.6 Å². The van der Waals surface area contributed by atoms with Crippen molar-refractivity contribution in [2.45, 2.75) is 57.2 Å². The van der Waals surface area contributed by atoms with Crippen LogP contribution in [0.15, 0.2) is 30.6 Å². The molecule has 2 aliphatic rings. The largest absolute Gasteiger partial charge is 0.348 e. The zero-order valence-corrected chi connectivity index (χ0v) is 19.7. The fraction of sp³-hybridized carbons (Fsp3) is 0.435. The summed E-state index contributed by atoms with van der Waals surface area (Å²) in [5.41, 5.74) is 3.50. The summed E-state index contributed by atoms with van der Waals surface area (Å²) in [6, 6.07) is 7.20. The monoisotopic (exact) mass is 472 g/mol. The molecule has 2 unspecified atom stereocenters. The van der Waals surface area contributed by atoms with Gasteiger partial charge in [0.1, 0.15) is 10.3 Å². The second-order valence-electron chi connectivity index (χ2n) is 8.93. The van der Waals surface area contributed by atoms with E-state index < -0.39 is 0 Å². The molecule has 0 aliphatic carbocycles. The number of aryl methyl sites for hydroxylation is 1. The van der Waals surface area contributed by atoms with Crippen molar-refractivity contribution in [2.75, 3.05) is 11.9 Å². The first-order valence-corrected chi connectivity index (χ1v) is 11.8. The molecule has 2 aliphatic heterocycles. The standard InChI is InChI=1S/C23H25FN6S.ClH/c1-13-11-30-12-14(8-18(24)21(30)25-13)19-6-7-20-22(27-19)31-23(28-20)29(2)17-9-15-4-3-5-16(10-17)26-15;/h6-8,11-12,15-17,26H,3-5,9-10H2,1-2H3;1H. The van der Waals surface area contributed by atoms with Gasteiger partial charge in [0.25, 0.3) is 0 Å². The van der Waals surface area contributed by atoms with Crippen LogP contribution < -0.4 is 10.2 Å². The number of thiazole rings is 1. The zero-order valence-electron chi connectivity index (χ0n) is 18.1. The van der Waals surface area contributed by atoms with Crippen molar-refractivity contribution in [3.05, 3.63) is 42.1 Å². The number of halogens is 2. The molecule has 2 atom stereocenters. The van der Waals surface area contributed by atoms with Crippen molar-refractivity contribution in [3.8, 4) is 11.3 Å². The highest BCUT2D eigenvalue weighted by Crippen LogP contribution is 2.34. The van der Waals surface area contributed by atoms with Gasteiger partial charge >= 0.3 is 0 Å². The van der Waals surface area contributed by atoms with Crippen LogP contribution in [0.5, 0.6) is 0 Å². The van der Waals surface area contributed by atoms with Crippen molar-refractivity contribution in [3.63, 3.8) is 0 Å². The molecule has 6 nitrogen and oxygen atoms in total. The Labute approximate surface area is 196 Å². The van der Waals surface area contributed by atoms with Gasteiger partial charge in [0.05, 0.1) is 11.4 Å². The van der Waals surface area contributed by atoms with Crippen LogP contribution >= 0.6 is 23.7 Å². The number of imidazole rings is 1. The van der Waals surface area contributed by atoms with Crippen LogP contribution in [-0.4, -0.2) is 44.5 Å². The first-order chi connectivity index (χ1) is 15.0. The summed E-state index contributed by atoms with van der Waals surface area (Å²) in [7, 11) is 2.16. The van der Waals surface area contributed by atoms with Gasteiger partial charge < -0.3 is 14.6 Å². The predicted octanol–water partition coefficient (Wildman–Crippen LogP) is 4.98. The van der Waals surface area contributed by atoms with Crippen molar-refractivity contribution >= 4 is 44.9 Å². The second-order valence-corrected chi connectivity index (χ2v) is 9.89. The molecule has 0 radical (unpaired) electrons. The predicted molar refractivity (Wildman–Crippen MR) is 130 cm³/mol. The summed E-state index contributed by atoms with van der Waals surface area (Å²) < 4.78 is 16.3. The first-order valence-electron chi connectivity index (χ1n) is 11.0. The smallest absolute Gasteiger partial charge is 0.187 e. The SMILES string of the molecule is Cc1cn2cc(-c3ccc4nc(N(C)C5CC6CCCC(C5)N6)sc4n3)cc(F)c2n1.Cl. The van der Waals surface area contributed by atoms with Gasteiger partial charge in [-0.25, -0.2) is 19.3 Å². The molecule has 32 heavy (non-hydrogen) atoms. The van der Waals surface area contributed by atoms with Gasteiger partial charge in [-0.05, 0) is 50.8 Å². The molecule has 4 aromatic rings. The Morgan fingerprint density at radius 3 is 2.69 bits per heavy atom. The van der Waals surface area contributed by atoms with Crippen LogP contribution in [-0.2, 0) is 0 Å². The lowest BCUT2D eigenvalue weighted by atomic mass is 9.83.